The lowest BCUT2D eigenvalue weighted by atomic mass is 10.3. The molecule has 2 fully saturated rings. The first-order valence-electron chi connectivity index (χ1n) is 8.86. The Hall–Kier alpha value is -2.42. The molecule has 0 aliphatic carbocycles. The third-order valence-corrected chi connectivity index (χ3v) is 4.66. The van der Waals surface area contributed by atoms with Crippen molar-refractivity contribution >= 4 is 28.8 Å². The number of H-pyrrole nitrogens is 1. The molecular weight excluding hydrogens is 322 g/mol. The fourth-order valence-corrected chi connectivity index (χ4v) is 3.29. The van der Waals surface area contributed by atoms with Crippen LogP contribution in [0.25, 0.3) is 11.2 Å². The van der Waals surface area contributed by atoms with Gasteiger partial charge in [0.25, 0.3) is 0 Å². The summed E-state index contributed by atoms with van der Waals surface area (Å²) in [5.41, 5.74) is 1.48. The number of ether oxygens (including phenoxy) is 1. The zero-order valence-corrected chi connectivity index (χ0v) is 14.2. The fourth-order valence-electron chi connectivity index (χ4n) is 3.29. The molecule has 2 aliphatic heterocycles. The van der Waals surface area contributed by atoms with Crippen molar-refractivity contribution in [1.29, 1.82) is 0 Å². The number of carbonyl (C=O) groups is 1. The molecular formula is C16H23N7O2. The van der Waals surface area contributed by atoms with Crippen molar-refractivity contribution in [3.05, 3.63) is 6.33 Å². The zero-order valence-electron chi connectivity index (χ0n) is 14.2. The van der Waals surface area contributed by atoms with Gasteiger partial charge in [-0.1, -0.05) is 0 Å². The summed E-state index contributed by atoms with van der Waals surface area (Å²) >= 11 is 0. The van der Waals surface area contributed by atoms with Crippen molar-refractivity contribution in [3.8, 4) is 0 Å². The Balaban J connectivity index is 1.39. The van der Waals surface area contributed by atoms with Crippen molar-refractivity contribution in [2.24, 2.45) is 0 Å². The minimum absolute atomic E-state index is 0.271. The molecule has 0 bridgehead atoms. The lowest BCUT2D eigenvalue weighted by molar-refractivity contribution is -0.127. The van der Waals surface area contributed by atoms with Crippen LogP contribution in [-0.2, 0) is 9.53 Å². The molecule has 4 rings (SSSR count). The van der Waals surface area contributed by atoms with E-state index in [1.165, 1.54) is 6.33 Å². The van der Waals surface area contributed by atoms with Crippen LogP contribution in [0, 0.1) is 0 Å². The van der Waals surface area contributed by atoms with Gasteiger partial charge in [-0.25, -0.2) is 9.97 Å². The summed E-state index contributed by atoms with van der Waals surface area (Å²) in [6, 6.07) is 0. The lowest BCUT2D eigenvalue weighted by Gasteiger charge is -2.25. The van der Waals surface area contributed by atoms with Crippen LogP contribution < -0.4 is 10.2 Å². The van der Waals surface area contributed by atoms with Crippen LogP contribution >= 0.6 is 0 Å². The summed E-state index contributed by atoms with van der Waals surface area (Å²) in [5.74, 6) is 1.84. The summed E-state index contributed by atoms with van der Waals surface area (Å²) in [5, 5.41) is 3.34. The summed E-state index contributed by atoms with van der Waals surface area (Å²) in [4.78, 5) is 32.2. The number of anilines is 2. The summed E-state index contributed by atoms with van der Waals surface area (Å²) in [7, 11) is 0. The van der Waals surface area contributed by atoms with Gasteiger partial charge in [-0.15, -0.1) is 0 Å². The number of fused-ring (bicyclic) bond motifs is 1. The second kappa shape index (κ2) is 7.22. The Morgan fingerprint density at radius 1 is 1.24 bits per heavy atom. The second-order valence-electron chi connectivity index (χ2n) is 6.35. The lowest BCUT2D eigenvalue weighted by Crippen LogP contribution is -2.36. The van der Waals surface area contributed by atoms with Crippen molar-refractivity contribution in [2.45, 2.75) is 19.3 Å². The highest BCUT2D eigenvalue weighted by molar-refractivity contribution is 5.84. The molecule has 2 aromatic rings. The van der Waals surface area contributed by atoms with Crippen LogP contribution in [0.5, 0.6) is 0 Å². The molecule has 9 nitrogen and oxygen atoms in total. The Bertz CT molecular complexity index is 741. The first-order chi connectivity index (χ1) is 12.3. The van der Waals surface area contributed by atoms with Crippen LogP contribution in [0.4, 0.5) is 11.8 Å². The number of aromatic nitrogens is 4. The van der Waals surface area contributed by atoms with Gasteiger partial charge in [-0.2, -0.15) is 4.98 Å². The molecule has 9 heteroatoms. The third-order valence-electron chi connectivity index (χ3n) is 4.66. The predicted molar refractivity (Wildman–Crippen MR) is 93.6 cm³/mol. The van der Waals surface area contributed by atoms with E-state index >= 15 is 0 Å². The summed E-state index contributed by atoms with van der Waals surface area (Å²) in [6.07, 6.45) is 4.09. The maximum atomic E-state index is 11.6. The van der Waals surface area contributed by atoms with Crippen LogP contribution in [0.15, 0.2) is 6.33 Å². The molecule has 2 saturated heterocycles. The van der Waals surface area contributed by atoms with Gasteiger partial charge in [0.15, 0.2) is 11.5 Å². The second-order valence-corrected chi connectivity index (χ2v) is 6.35. The Morgan fingerprint density at radius 3 is 2.92 bits per heavy atom. The average molecular weight is 345 g/mol. The number of carbonyl (C=O) groups excluding carboxylic acids is 1. The van der Waals surface area contributed by atoms with E-state index in [-0.39, 0.29) is 5.91 Å². The third kappa shape index (κ3) is 3.51. The van der Waals surface area contributed by atoms with E-state index in [1.807, 2.05) is 4.90 Å². The maximum Gasteiger partial charge on any atom is 0.222 e. The molecule has 0 aromatic carbocycles. The minimum Gasteiger partial charge on any atom is -0.378 e. The predicted octanol–water partition coefficient (Wildman–Crippen LogP) is 0.614. The largest absolute Gasteiger partial charge is 0.378 e. The van der Waals surface area contributed by atoms with E-state index in [1.54, 1.807) is 0 Å². The van der Waals surface area contributed by atoms with Crippen molar-refractivity contribution < 1.29 is 9.53 Å². The quantitative estimate of drug-likeness (QED) is 0.740. The molecule has 2 N–H and O–H groups in total. The SMILES string of the molecule is O=C1CCCN1CCCNc1ncnc2nc(N3CCOCC3)[nH]c12. The minimum atomic E-state index is 0.271. The standard InChI is InChI=1S/C16H23N7O2/c24-12-3-1-5-22(12)6-2-4-17-14-13-15(19-11-18-14)21-16(20-13)23-7-9-25-10-8-23/h11H,1-10H2,(H2,17,18,19,20,21). The number of imidazole rings is 1. The van der Waals surface area contributed by atoms with Gasteiger partial charge >= 0.3 is 0 Å². The molecule has 134 valence electrons. The number of aromatic amines is 1. The van der Waals surface area contributed by atoms with E-state index in [4.69, 9.17) is 4.74 Å². The van der Waals surface area contributed by atoms with E-state index in [2.05, 4.69) is 30.2 Å². The van der Waals surface area contributed by atoms with E-state index in [0.717, 1.165) is 62.8 Å². The van der Waals surface area contributed by atoms with Gasteiger partial charge in [0, 0.05) is 39.1 Å². The van der Waals surface area contributed by atoms with Crippen molar-refractivity contribution in [1.82, 2.24) is 24.8 Å². The molecule has 0 saturated carbocycles. The van der Waals surface area contributed by atoms with E-state index in [0.29, 0.717) is 25.3 Å². The fraction of sp³-hybridized carbons (Fsp3) is 0.625. The number of likely N-dealkylation sites (tertiary alicyclic amines) is 1. The van der Waals surface area contributed by atoms with Crippen molar-refractivity contribution in [2.75, 3.05) is 56.2 Å². The zero-order chi connectivity index (χ0) is 17.1. The number of hydrogen-bond donors (Lipinski definition) is 2. The monoisotopic (exact) mass is 345 g/mol. The molecule has 2 aliphatic rings. The molecule has 4 heterocycles. The van der Waals surface area contributed by atoms with Crippen molar-refractivity contribution in [3.63, 3.8) is 0 Å². The van der Waals surface area contributed by atoms with Gasteiger partial charge in [0.1, 0.15) is 11.8 Å². The molecule has 2 aromatic heterocycles. The van der Waals surface area contributed by atoms with Gasteiger partial charge in [-0.05, 0) is 12.8 Å². The number of nitrogens with one attached hydrogen (secondary N) is 2. The summed E-state index contributed by atoms with van der Waals surface area (Å²) < 4.78 is 5.38. The van der Waals surface area contributed by atoms with Crippen LogP contribution in [0.1, 0.15) is 19.3 Å². The molecule has 0 spiro atoms. The van der Waals surface area contributed by atoms with Crippen LogP contribution in [0.2, 0.25) is 0 Å². The first kappa shape index (κ1) is 16.1. The molecule has 1 amide bonds. The highest BCUT2D eigenvalue weighted by Gasteiger charge is 2.19. The average Bonchev–Trinajstić information content (AvgIpc) is 3.26. The van der Waals surface area contributed by atoms with E-state index in [9.17, 15) is 4.79 Å². The van der Waals surface area contributed by atoms with E-state index < -0.39 is 0 Å². The number of hydrogen-bond acceptors (Lipinski definition) is 7. The highest BCUT2D eigenvalue weighted by Crippen LogP contribution is 2.21. The Morgan fingerprint density at radius 2 is 2.12 bits per heavy atom. The molecule has 0 radical (unpaired) electrons. The van der Waals surface area contributed by atoms with Crippen LogP contribution in [-0.4, -0.2) is 76.7 Å². The summed E-state index contributed by atoms with van der Waals surface area (Å²) in [6.45, 7) is 5.50. The smallest absolute Gasteiger partial charge is 0.222 e. The van der Waals surface area contributed by atoms with Crippen LogP contribution in [0.3, 0.4) is 0 Å². The molecule has 0 unspecified atom stereocenters. The topological polar surface area (TPSA) is 99.3 Å². The number of amides is 1. The molecule has 25 heavy (non-hydrogen) atoms. The molecule has 0 atom stereocenters. The number of nitrogens with zero attached hydrogens (tertiary/aromatic N) is 5. The normalized spacial score (nSPS) is 18.3. The highest BCUT2D eigenvalue weighted by atomic mass is 16.5. The number of rotatable bonds is 6. The van der Waals surface area contributed by atoms with Gasteiger partial charge < -0.3 is 24.8 Å². The van der Waals surface area contributed by atoms with Gasteiger partial charge in [-0.3, -0.25) is 4.79 Å². The Kier molecular flexibility index (Phi) is 4.64. The van der Waals surface area contributed by atoms with Gasteiger partial charge in [0.2, 0.25) is 11.9 Å². The Labute approximate surface area is 145 Å². The first-order valence-corrected chi connectivity index (χ1v) is 8.86. The maximum absolute atomic E-state index is 11.6. The van der Waals surface area contributed by atoms with Gasteiger partial charge in [0.05, 0.1) is 13.2 Å². The number of morpholine rings is 1.